The fraction of sp³-hybridized carbons (Fsp3) is 0.500. The fourth-order valence-electron chi connectivity index (χ4n) is 1.49. The molecule has 1 aromatic carbocycles. The number of amides is 2. The van der Waals surface area contributed by atoms with Crippen LogP contribution in [0, 0.1) is 0 Å². The average molecular weight is 282 g/mol. The third-order valence-electron chi connectivity index (χ3n) is 2.67. The highest BCUT2D eigenvalue weighted by Gasteiger charge is 2.07. The summed E-state index contributed by atoms with van der Waals surface area (Å²) in [5, 5.41) is 14.5. The summed E-state index contributed by atoms with van der Waals surface area (Å²) < 4.78 is 0. The molecule has 0 aliphatic rings. The Morgan fingerprint density at radius 3 is 2.74 bits per heavy atom. The maximum absolute atomic E-state index is 11.5. The van der Waals surface area contributed by atoms with E-state index >= 15 is 0 Å². The number of rotatable bonds is 8. The zero-order chi connectivity index (χ0) is 13.9. The van der Waals surface area contributed by atoms with E-state index in [0.29, 0.717) is 6.54 Å². The van der Waals surface area contributed by atoms with Crippen molar-refractivity contribution in [1.29, 1.82) is 0 Å². The van der Waals surface area contributed by atoms with Gasteiger partial charge in [0.05, 0.1) is 12.6 Å². The summed E-state index contributed by atoms with van der Waals surface area (Å²) in [4.78, 5) is 12.7. The van der Waals surface area contributed by atoms with Gasteiger partial charge in [-0.05, 0) is 30.7 Å². The van der Waals surface area contributed by atoms with E-state index in [2.05, 4.69) is 22.8 Å². The second-order valence-corrected chi connectivity index (χ2v) is 5.37. The molecule has 19 heavy (non-hydrogen) atoms. The fourth-order valence-corrected chi connectivity index (χ4v) is 2.37. The van der Waals surface area contributed by atoms with Crippen molar-refractivity contribution in [2.24, 2.45) is 0 Å². The Balaban J connectivity index is 2.06. The lowest BCUT2D eigenvalue weighted by Gasteiger charge is -2.14. The van der Waals surface area contributed by atoms with Crippen molar-refractivity contribution in [3.05, 3.63) is 30.3 Å². The van der Waals surface area contributed by atoms with Crippen molar-refractivity contribution in [3.63, 3.8) is 0 Å². The number of urea groups is 1. The summed E-state index contributed by atoms with van der Waals surface area (Å²) in [6.45, 7) is 2.55. The Bertz CT molecular complexity index is 356. The van der Waals surface area contributed by atoms with Crippen molar-refractivity contribution in [1.82, 2.24) is 10.6 Å². The Morgan fingerprint density at radius 2 is 2.11 bits per heavy atom. The first-order chi connectivity index (χ1) is 9.26. The predicted octanol–water partition coefficient (Wildman–Crippen LogP) is 2.24. The van der Waals surface area contributed by atoms with Crippen LogP contribution in [0.3, 0.4) is 0 Å². The van der Waals surface area contributed by atoms with Gasteiger partial charge in [0, 0.05) is 11.4 Å². The summed E-state index contributed by atoms with van der Waals surface area (Å²) in [5.41, 5.74) is 0. The molecule has 1 atom stereocenters. The highest BCUT2D eigenvalue weighted by atomic mass is 32.2. The minimum atomic E-state index is -0.203. The molecule has 0 fully saturated rings. The number of benzene rings is 1. The van der Waals surface area contributed by atoms with Gasteiger partial charge in [0.25, 0.3) is 0 Å². The van der Waals surface area contributed by atoms with Crippen LogP contribution in [-0.4, -0.2) is 36.1 Å². The van der Waals surface area contributed by atoms with Crippen molar-refractivity contribution in [2.45, 2.75) is 30.7 Å². The second-order valence-electron chi connectivity index (χ2n) is 4.20. The summed E-state index contributed by atoms with van der Waals surface area (Å²) in [6, 6.07) is 9.85. The van der Waals surface area contributed by atoms with Gasteiger partial charge < -0.3 is 15.7 Å². The van der Waals surface area contributed by atoms with E-state index in [9.17, 15) is 4.79 Å². The van der Waals surface area contributed by atoms with Gasteiger partial charge in [0.2, 0.25) is 0 Å². The van der Waals surface area contributed by atoms with Crippen LogP contribution in [0.4, 0.5) is 4.79 Å². The zero-order valence-corrected chi connectivity index (χ0v) is 12.1. The quantitative estimate of drug-likeness (QED) is 0.506. The van der Waals surface area contributed by atoms with Crippen molar-refractivity contribution < 1.29 is 9.90 Å². The molecule has 0 aliphatic heterocycles. The molecule has 0 radical (unpaired) electrons. The highest BCUT2D eigenvalue weighted by Crippen LogP contribution is 2.17. The van der Waals surface area contributed by atoms with Gasteiger partial charge in [-0.15, -0.1) is 11.8 Å². The van der Waals surface area contributed by atoms with Crippen molar-refractivity contribution in [3.8, 4) is 0 Å². The second kappa shape index (κ2) is 9.69. The van der Waals surface area contributed by atoms with Crippen LogP contribution in [0.1, 0.15) is 19.8 Å². The number of hydrogen-bond acceptors (Lipinski definition) is 3. The molecular weight excluding hydrogens is 260 g/mol. The van der Waals surface area contributed by atoms with Crippen LogP contribution in [0.5, 0.6) is 0 Å². The van der Waals surface area contributed by atoms with E-state index in [1.807, 2.05) is 25.1 Å². The van der Waals surface area contributed by atoms with Crippen LogP contribution in [0.25, 0.3) is 0 Å². The van der Waals surface area contributed by atoms with Gasteiger partial charge in [-0.1, -0.05) is 25.1 Å². The van der Waals surface area contributed by atoms with Gasteiger partial charge in [0.1, 0.15) is 0 Å². The first-order valence-corrected chi connectivity index (χ1v) is 7.58. The number of nitrogens with one attached hydrogen (secondary N) is 2. The lowest BCUT2D eigenvalue weighted by atomic mass is 10.2. The van der Waals surface area contributed by atoms with E-state index in [1.165, 1.54) is 4.90 Å². The summed E-state index contributed by atoms with van der Waals surface area (Å²) in [5.74, 6) is 0.974. The molecule has 2 amide bonds. The minimum absolute atomic E-state index is 0.0201. The van der Waals surface area contributed by atoms with Crippen LogP contribution in [0.2, 0.25) is 0 Å². The minimum Gasteiger partial charge on any atom is -0.394 e. The molecule has 106 valence electrons. The van der Waals surface area contributed by atoms with Gasteiger partial charge in [-0.25, -0.2) is 4.79 Å². The number of carbonyl (C=O) groups is 1. The predicted molar refractivity (Wildman–Crippen MR) is 79.5 cm³/mol. The summed E-state index contributed by atoms with van der Waals surface area (Å²) in [6.07, 6.45) is 1.65. The molecule has 0 aliphatic carbocycles. The maximum Gasteiger partial charge on any atom is 0.315 e. The number of aliphatic hydroxyl groups excluding tert-OH is 1. The molecule has 0 saturated heterocycles. The van der Waals surface area contributed by atoms with E-state index in [-0.39, 0.29) is 18.7 Å². The lowest BCUT2D eigenvalue weighted by Crippen LogP contribution is -2.43. The van der Waals surface area contributed by atoms with Gasteiger partial charge >= 0.3 is 6.03 Å². The smallest absolute Gasteiger partial charge is 0.315 e. The van der Waals surface area contributed by atoms with E-state index in [4.69, 9.17) is 5.11 Å². The van der Waals surface area contributed by atoms with E-state index in [1.54, 1.807) is 11.8 Å². The molecule has 0 aromatic heterocycles. The van der Waals surface area contributed by atoms with Crippen LogP contribution >= 0.6 is 11.8 Å². The van der Waals surface area contributed by atoms with Crippen molar-refractivity contribution >= 4 is 17.8 Å². The standard InChI is InChI=1S/C14H22N2O2S/c1-2-12(11-17)16-14(18)15-9-6-10-19-13-7-4-3-5-8-13/h3-5,7-8,12,17H,2,6,9-11H2,1H3,(H2,15,16,18). The van der Waals surface area contributed by atoms with Gasteiger partial charge in [0.15, 0.2) is 0 Å². The molecule has 5 heteroatoms. The average Bonchev–Trinajstić information content (AvgIpc) is 2.45. The molecule has 1 rings (SSSR count). The molecule has 0 heterocycles. The van der Waals surface area contributed by atoms with Crippen LogP contribution in [-0.2, 0) is 0 Å². The zero-order valence-electron chi connectivity index (χ0n) is 11.3. The van der Waals surface area contributed by atoms with Gasteiger partial charge in [-0.3, -0.25) is 0 Å². The van der Waals surface area contributed by atoms with E-state index < -0.39 is 0 Å². The van der Waals surface area contributed by atoms with Gasteiger partial charge in [-0.2, -0.15) is 0 Å². The van der Waals surface area contributed by atoms with Crippen LogP contribution in [0.15, 0.2) is 35.2 Å². The molecule has 4 nitrogen and oxygen atoms in total. The molecule has 0 saturated carbocycles. The lowest BCUT2D eigenvalue weighted by molar-refractivity contribution is 0.214. The normalized spacial score (nSPS) is 11.9. The number of carbonyl (C=O) groups excluding carboxylic acids is 1. The van der Waals surface area contributed by atoms with E-state index in [0.717, 1.165) is 18.6 Å². The largest absolute Gasteiger partial charge is 0.394 e. The number of hydrogen-bond donors (Lipinski definition) is 3. The number of aliphatic hydroxyl groups is 1. The Morgan fingerprint density at radius 1 is 1.37 bits per heavy atom. The first-order valence-electron chi connectivity index (χ1n) is 6.59. The maximum atomic E-state index is 11.5. The SMILES string of the molecule is CCC(CO)NC(=O)NCCCSc1ccccc1. The summed E-state index contributed by atoms with van der Waals surface area (Å²) in [7, 11) is 0. The molecular formula is C14H22N2O2S. The monoisotopic (exact) mass is 282 g/mol. The Labute approximate surface area is 119 Å². The molecule has 0 spiro atoms. The molecule has 1 aromatic rings. The Kier molecular flexibility index (Phi) is 8.09. The topological polar surface area (TPSA) is 61.4 Å². The van der Waals surface area contributed by atoms with Crippen LogP contribution < -0.4 is 10.6 Å². The first kappa shape index (κ1) is 15.9. The Hall–Kier alpha value is -1.20. The summed E-state index contributed by atoms with van der Waals surface area (Å²) >= 11 is 1.78. The van der Waals surface area contributed by atoms with Crippen molar-refractivity contribution in [2.75, 3.05) is 18.9 Å². The number of thioether (sulfide) groups is 1. The highest BCUT2D eigenvalue weighted by molar-refractivity contribution is 7.99. The third-order valence-corrected chi connectivity index (χ3v) is 3.77. The molecule has 3 N–H and O–H groups in total. The molecule has 0 bridgehead atoms. The third kappa shape index (κ3) is 7.08. The molecule has 1 unspecified atom stereocenters.